The molecule has 7 nitrogen and oxygen atoms in total. The average Bonchev–Trinajstić information content (AvgIpc) is 3.25. The number of aromatic nitrogens is 3. The van der Waals surface area contributed by atoms with E-state index in [9.17, 15) is 4.79 Å². The highest BCUT2D eigenvalue weighted by atomic mass is 79.9. The van der Waals surface area contributed by atoms with Gasteiger partial charge in [-0.1, -0.05) is 6.92 Å². The van der Waals surface area contributed by atoms with Crippen molar-refractivity contribution in [2.75, 3.05) is 32.9 Å². The normalized spacial score (nSPS) is 14.6. The van der Waals surface area contributed by atoms with Crippen LogP contribution in [0.5, 0.6) is 0 Å². The summed E-state index contributed by atoms with van der Waals surface area (Å²) in [6.45, 7) is 8.53. The monoisotopic (exact) mass is 528 g/mol. The predicted octanol–water partition coefficient (Wildman–Crippen LogP) is 4.83. The van der Waals surface area contributed by atoms with Crippen LogP contribution >= 0.6 is 15.9 Å². The zero-order chi connectivity index (χ0) is 23.9. The van der Waals surface area contributed by atoms with Crippen molar-refractivity contribution in [1.29, 1.82) is 0 Å². The van der Waals surface area contributed by atoms with Gasteiger partial charge >= 0.3 is 5.97 Å². The van der Waals surface area contributed by atoms with Gasteiger partial charge in [-0.15, -0.1) is 0 Å². The molecule has 1 saturated heterocycles. The van der Waals surface area contributed by atoms with Crippen molar-refractivity contribution in [2.45, 2.75) is 52.5 Å². The Bertz CT molecular complexity index is 1120. The maximum atomic E-state index is 11.9. The number of unbranched alkanes of at least 4 members (excludes halogenated alkanes) is 1. The van der Waals surface area contributed by atoms with Crippen LogP contribution in [0.3, 0.4) is 0 Å². The van der Waals surface area contributed by atoms with Crippen LogP contribution in [0.1, 0.15) is 50.1 Å². The predicted molar refractivity (Wildman–Crippen MR) is 136 cm³/mol. The third-order valence-corrected chi connectivity index (χ3v) is 6.69. The molecule has 34 heavy (non-hydrogen) atoms. The maximum Gasteiger partial charge on any atom is 0.305 e. The molecule has 3 aromatic rings. The number of esters is 1. The summed E-state index contributed by atoms with van der Waals surface area (Å²) >= 11 is 3.60. The smallest absolute Gasteiger partial charge is 0.305 e. The van der Waals surface area contributed by atoms with Gasteiger partial charge in [-0.3, -0.25) is 14.7 Å². The summed E-state index contributed by atoms with van der Waals surface area (Å²) in [5, 5.41) is 5.16. The molecule has 4 heterocycles. The van der Waals surface area contributed by atoms with E-state index < -0.39 is 0 Å². The number of carbonyl (C=O) groups is 1. The summed E-state index contributed by atoms with van der Waals surface area (Å²) in [5.41, 5.74) is 6.88. The van der Waals surface area contributed by atoms with Crippen LogP contribution in [0.15, 0.2) is 35.1 Å². The number of nitrogens with zero attached hydrogens (tertiary/aromatic N) is 4. The van der Waals surface area contributed by atoms with Crippen molar-refractivity contribution in [3.05, 3.63) is 52.0 Å². The van der Waals surface area contributed by atoms with Gasteiger partial charge in [0.1, 0.15) is 0 Å². The molecule has 1 fully saturated rings. The topological polar surface area (TPSA) is 69.0 Å². The van der Waals surface area contributed by atoms with Crippen molar-refractivity contribution in [1.82, 2.24) is 19.5 Å². The van der Waals surface area contributed by atoms with Crippen molar-refractivity contribution < 1.29 is 14.3 Å². The fourth-order valence-corrected chi connectivity index (χ4v) is 4.93. The van der Waals surface area contributed by atoms with Crippen LogP contribution in [-0.2, 0) is 33.7 Å². The number of hydrogen-bond donors (Lipinski definition) is 0. The molecule has 4 rings (SSSR count). The minimum absolute atomic E-state index is 0.125. The Morgan fingerprint density at radius 1 is 1.18 bits per heavy atom. The number of carbonyl (C=O) groups excluding carboxylic acids is 1. The van der Waals surface area contributed by atoms with Crippen LogP contribution in [0.2, 0.25) is 0 Å². The van der Waals surface area contributed by atoms with Crippen LogP contribution in [0.4, 0.5) is 0 Å². The Morgan fingerprint density at radius 3 is 2.74 bits per heavy atom. The number of aryl methyl sites for hydroxylation is 1. The molecule has 0 atom stereocenters. The first-order valence-electron chi connectivity index (χ1n) is 12.2. The molecule has 0 spiro atoms. The van der Waals surface area contributed by atoms with Crippen LogP contribution < -0.4 is 0 Å². The molecule has 0 bridgehead atoms. The third-order valence-electron chi connectivity index (χ3n) is 6.26. The molecule has 0 unspecified atom stereocenters. The van der Waals surface area contributed by atoms with E-state index in [0.29, 0.717) is 13.0 Å². The average molecular weight is 529 g/mol. The lowest BCUT2D eigenvalue weighted by Gasteiger charge is -2.28. The molecule has 3 aromatic heterocycles. The summed E-state index contributed by atoms with van der Waals surface area (Å²) in [5.74, 6) is -0.125. The van der Waals surface area contributed by atoms with Crippen LogP contribution in [-0.4, -0.2) is 58.4 Å². The zero-order valence-corrected chi connectivity index (χ0v) is 21.6. The molecule has 0 radical (unpaired) electrons. The quantitative estimate of drug-likeness (QED) is 0.277. The van der Waals surface area contributed by atoms with E-state index in [-0.39, 0.29) is 5.97 Å². The van der Waals surface area contributed by atoms with Gasteiger partial charge in [-0.2, -0.15) is 5.10 Å². The molecule has 0 N–H and O–H groups in total. The zero-order valence-electron chi connectivity index (χ0n) is 20.1. The number of pyridine rings is 1. The van der Waals surface area contributed by atoms with Gasteiger partial charge in [0.25, 0.3) is 0 Å². The van der Waals surface area contributed by atoms with Gasteiger partial charge in [-0.05, 0) is 72.3 Å². The fourth-order valence-electron chi connectivity index (χ4n) is 4.57. The highest BCUT2D eigenvalue weighted by Gasteiger charge is 2.21. The first-order valence-corrected chi connectivity index (χ1v) is 13.0. The molecule has 0 aromatic carbocycles. The highest BCUT2D eigenvalue weighted by Crippen LogP contribution is 2.34. The minimum atomic E-state index is -0.125. The third kappa shape index (κ3) is 5.85. The van der Waals surface area contributed by atoms with E-state index in [2.05, 4.69) is 55.5 Å². The summed E-state index contributed by atoms with van der Waals surface area (Å²) in [4.78, 5) is 18.7. The lowest BCUT2D eigenvalue weighted by atomic mass is 9.95. The maximum absolute atomic E-state index is 11.9. The summed E-state index contributed by atoms with van der Waals surface area (Å²) in [6, 6.07) is 6.46. The van der Waals surface area contributed by atoms with Gasteiger partial charge in [-0.25, -0.2) is 4.52 Å². The first-order chi connectivity index (χ1) is 16.6. The second kappa shape index (κ2) is 11.9. The van der Waals surface area contributed by atoms with Gasteiger partial charge in [0, 0.05) is 59.7 Å². The van der Waals surface area contributed by atoms with Gasteiger partial charge in [0.2, 0.25) is 0 Å². The fraction of sp³-hybridized carbons (Fsp3) is 0.500. The number of ether oxygens (including phenoxy) is 2. The Morgan fingerprint density at radius 2 is 2.00 bits per heavy atom. The van der Waals surface area contributed by atoms with E-state index in [1.165, 1.54) is 16.8 Å². The van der Waals surface area contributed by atoms with E-state index in [1.807, 2.05) is 19.3 Å². The Kier molecular flexibility index (Phi) is 8.69. The standard InChI is InChI=1S/C26H33BrN4O3/c1-3-21-9-10-24-26(19-15-20(27)17-28-16-19)22(7-5-6-8-25(32)34-4-2)23(29-31(21)24)18-30-11-13-33-14-12-30/h9-10,15-17H,3-8,11-14,18H2,1-2H3. The summed E-state index contributed by atoms with van der Waals surface area (Å²) in [7, 11) is 0. The Hall–Kier alpha value is -2.29. The largest absolute Gasteiger partial charge is 0.466 e. The van der Waals surface area contributed by atoms with Gasteiger partial charge in [0.05, 0.1) is 31.0 Å². The lowest BCUT2D eigenvalue weighted by molar-refractivity contribution is -0.143. The van der Waals surface area contributed by atoms with Gasteiger partial charge < -0.3 is 9.47 Å². The van der Waals surface area contributed by atoms with Crippen molar-refractivity contribution in [3.63, 3.8) is 0 Å². The molecule has 0 amide bonds. The molecule has 0 saturated carbocycles. The van der Waals surface area contributed by atoms with E-state index in [0.717, 1.165) is 79.8 Å². The number of rotatable bonds is 10. The molecule has 182 valence electrons. The van der Waals surface area contributed by atoms with Gasteiger partial charge in [0.15, 0.2) is 0 Å². The Labute approximate surface area is 209 Å². The summed E-state index contributed by atoms with van der Waals surface area (Å²) < 4.78 is 13.7. The molecule has 8 heteroatoms. The molecule has 1 aliphatic heterocycles. The number of halogens is 1. The summed E-state index contributed by atoms with van der Waals surface area (Å²) in [6.07, 6.45) is 7.62. The SMILES string of the molecule is CCOC(=O)CCCCc1c(CN2CCOCC2)nn2c(CC)ccc2c1-c1cncc(Br)c1. The van der Waals surface area contributed by atoms with E-state index in [1.54, 1.807) is 0 Å². The van der Waals surface area contributed by atoms with Crippen molar-refractivity contribution >= 4 is 27.4 Å². The lowest BCUT2D eigenvalue weighted by Crippen LogP contribution is -2.36. The second-order valence-corrected chi connectivity index (χ2v) is 9.48. The molecule has 1 aliphatic rings. The molecular weight excluding hydrogens is 496 g/mol. The Balaban J connectivity index is 1.76. The molecule has 0 aliphatic carbocycles. The van der Waals surface area contributed by atoms with E-state index in [4.69, 9.17) is 14.6 Å². The van der Waals surface area contributed by atoms with E-state index >= 15 is 0 Å². The van der Waals surface area contributed by atoms with Crippen molar-refractivity contribution in [2.24, 2.45) is 0 Å². The second-order valence-electron chi connectivity index (χ2n) is 8.57. The van der Waals surface area contributed by atoms with Crippen LogP contribution in [0, 0.1) is 0 Å². The van der Waals surface area contributed by atoms with Crippen LogP contribution in [0.25, 0.3) is 16.6 Å². The van der Waals surface area contributed by atoms with Crippen molar-refractivity contribution in [3.8, 4) is 11.1 Å². The first kappa shape index (κ1) is 24.8. The number of fused-ring (bicyclic) bond motifs is 1. The number of hydrogen-bond acceptors (Lipinski definition) is 6. The number of morpholine rings is 1. The minimum Gasteiger partial charge on any atom is -0.466 e. The highest BCUT2D eigenvalue weighted by molar-refractivity contribution is 9.10. The molecular formula is C26H33BrN4O3.